The fourth-order valence-electron chi connectivity index (χ4n) is 5.73. The van der Waals surface area contributed by atoms with Crippen molar-refractivity contribution in [1.82, 2.24) is 0 Å². The number of ether oxygens (including phenoxy) is 2. The van der Waals surface area contributed by atoms with E-state index in [0.717, 1.165) is 25.7 Å². The van der Waals surface area contributed by atoms with E-state index in [2.05, 4.69) is 26.0 Å². The van der Waals surface area contributed by atoms with E-state index in [0.29, 0.717) is 12.8 Å². The molecule has 0 aliphatic carbocycles. The Balaban J connectivity index is 4.24. The number of nitrogens with two attached hydrogens (primary N) is 1. The van der Waals surface area contributed by atoms with Crippen molar-refractivity contribution in [2.45, 2.75) is 200 Å². The minimum Gasteiger partial charge on any atom is -0.462 e. The van der Waals surface area contributed by atoms with E-state index >= 15 is 0 Å². The molecule has 51 heavy (non-hydrogen) atoms. The van der Waals surface area contributed by atoms with Gasteiger partial charge < -0.3 is 20.1 Å². The molecule has 0 amide bonds. The van der Waals surface area contributed by atoms with Gasteiger partial charge in [0, 0.05) is 19.4 Å². The van der Waals surface area contributed by atoms with E-state index in [1.54, 1.807) is 0 Å². The van der Waals surface area contributed by atoms with Crippen molar-refractivity contribution in [2.24, 2.45) is 5.73 Å². The first-order valence-corrected chi connectivity index (χ1v) is 22.3. The topological polar surface area (TPSA) is 134 Å². The van der Waals surface area contributed by atoms with Crippen LogP contribution in [0.1, 0.15) is 194 Å². The zero-order chi connectivity index (χ0) is 37.5. The lowest BCUT2D eigenvalue weighted by Gasteiger charge is -2.19. The first-order valence-electron chi connectivity index (χ1n) is 20.8. The molecule has 0 aliphatic rings. The first kappa shape index (κ1) is 49.5. The maximum absolute atomic E-state index is 12.5. The molecular weight excluding hydrogens is 665 g/mol. The first-order chi connectivity index (χ1) is 24.8. The quantitative estimate of drug-likeness (QED) is 0.0273. The van der Waals surface area contributed by atoms with Crippen LogP contribution in [0, 0.1) is 0 Å². The molecule has 0 aromatic heterocycles. The van der Waals surface area contributed by atoms with Crippen LogP contribution in [0.2, 0.25) is 0 Å². The van der Waals surface area contributed by atoms with Crippen molar-refractivity contribution in [3.8, 4) is 0 Å². The van der Waals surface area contributed by atoms with Crippen molar-refractivity contribution in [3.63, 3.8) is 0 Å². The number of hydrogen-bond acceptors (Lipinski definition) is 8. The molecule has 0 heterocycles. The number of hydrogen-bond donors (Lipinski definition) is 2. The molecule has 3 N–H and O–H groups in total. The Bertz CT molecular complexity index is 897. The number of rotatable bonds is 39. The molecule has 0 bridgehead atoms. The highest BCUT2D eigenvalue weighted by Gasteiger charge is 2.25. The summed E-state index contributed by atoms with van der Waals surface area (Å²) in [6.07, 6.45) is 39.5. The molecule has 0 saturated heterocycles. The zero-order valence-electron chi connectivity index (χ0n) is 32.8. The van der Waals surface area contributed by atoms with Crippen LogP contribution in [-0.2, 0) is 32.7 Å². The Kier molecular flexibility index (Phi) is 37.1. The molecule has 0 rings (SSSR count). The standard InChI is InChI=1S/C41H78NO8P/c1-3-5-7-9-11-13-15-17-19-21-23-25-27-29-31-33-40(43)47-37-39(38-49-51(45,46)48-36-35-42)50-41(44)34-32-30-28-26-24-22-20-18-16-14-12-10-8-6-4-2/h27-30,39H,3-26,31-38,42H2,1-2H3,(H,45,46)/b29-27-,30-28-. The summed E-state index contributed by atoms with van der Waals surface area (Å²) in [4.78, 5) is 34.7. The highest BCUT2D eigenvalue weighted by molar-refractivity contribution is 7.47. The highest BCUT2D eigenvalue weighted by atomic mass is 31.2. The van der Waals surface area contributed by atoms with E-state index in [-0.39, 0.29) is 32.6 Å². The Labute approximate surface area is 312 Å². The second kappa shape index (κ2) is 38.2. The van der Waals surface area contributed by atoms with Gasteiger partial charge in [-0.2, -0.15) is 0 Å². The lowest BCUT2D eigenvalue weighted by Crippen LogP contribution is -2.29. The molecule has 300 valence electrons. The monoisotopic (exact) mass is 744 g/mol. The van der Waals surface area contributed by atoms with E-state index < -0.39 is 32.5 Å². The van der Waals surface area contributed by atoms with Crippen LogP contribution < -0.4 is 5.73 Å². The van der Waals surface area contributed by atoms with Crippen molar-refractivity contribution >= 4 is 19.8 Å². The van der Waals surface area contributed by atoms with Gasteiger partial charge >= 0.3 is 19.8 Å². The van der Waals surface area contributed by atoms with E-state index in [9.17, 15) is 19.0 Å². The van der Waals surface area contributed by atoms with Crippen LogP contribution in [0.4, 0.5) is 0 Å². The van der Waals surface area contributed by atoms with Crippen LogP contribution in [0.5, 0.6) is 0 Å². The molecule has 2 unspecified atom stereocenters. The van der Waals surface area contributed by atoms with Gasteiger partial charge in [0.15, 0.2) is 6.10 Å². The van der Waals surface area contributed by atoms with Gasteiger partial charge in [-0.15, -0.1) is 0 Å². The maximum atomic E-state index is 12.5. The highest BCUT2D eigenvalue weighted by Crippen LogP contribution is 2.43. The smallest absolute Gasteiger partial charge is 0.462 e. The average molecular weight is 744 g/mol. The third-order valence-electron chi connectivity index (χ3n) is 8.84. The molecule has 9 nitrogen and oxygen atoms in total. The molecule has 2 atom stereocenters. The molecule has 0 spiro atoms. The Morgan fingerprint density at radius 1 is 0.569 bits per heavy atom. The van der Waals surface area contributed by atoms with Crippen LogP contribution in [-0.4, -0.2) is 49.3 Å². The zero-order valence-corrected chi connectivity index (χ0v) is 33.7. The molecular formula is C41H78NO8P. The summed E-state index contributed by atoms with van der Waals surface area (Å²) >= 11 is 0. The summed E-state index contributed by atoms with van der Waals surface area (Å²) in [6, 6.07) is 0. The maximum Gasteiger partial charge on any atom is 0.472 e. The average Bonchev–Trinajstić information content (AvgIpc) is 3.11. The van der Waals surface area contributed by atoms with E-state index in [4.69, 9.17) is 24.3 Å². The van der Waals surface area contributed by atoms with Crippen LogP contribution in [0.15, 0.2) is 24.3 Å². The fraction of sp³-hybridized carbons (Fsp3) is 0.854. The number of carbonyl (C=O) groups excluding carboxylic acids is 2. The van der Waals surface area contributed by atoms with E-state index in [1.165, 1.54) is 128 Å². The van der Waals surface area contributed by atoms with Gasteiger partial charge in [-0.1, -0.05) is 167 Å². The normalized spacial score (nSPS) is 13.6. The van der Waals surface area contributed by atoms with Gasteiger partial charge in [0.25, 0.3) is 0 Å². The third kappa shape index (κ3) is 38.0. The van der Waals surface area contributed by atoms with E-state index in [1.807, 2.05) is 12.2 Å². The van der Waals surface area contributed by atoms with Gasteiger partial charge in [-0.05, 0) is 38.5 Å². The largest absolute Gasteiger partial charge is 0.472 e. The second-order valence-electron chi connectivity index (χ2n) is 13.8. The number of phosphoric ester groups is 1. The SMILES string of the molecule is CCCCCCCCCCCCC/C=C\CCC(=O)OCC(COP(=O)(O)OCCN)OC(=O)CC/C=C\CCCCCCCCCCCCC. The molecule has 0 radical (unpaired) electrons. The predicted octanol–water partition coefficient (Wildman–Crippen LogP) is 11.6. The summed E-state index contributed by atoms with van der Waals surface area (Å²) in [5.74, 6) is -0.938. The fourth-order valence-corrected chi connectivity index (χ4v) is 6.49. The lowest BCUT2D eigenvalue weighted by molar-refractivity contribution is -0.161. The number of esters is 2. The summed E-state index contributed by atoms with van der Waals surface area (Å²) in [5.41, 5.74) is 5.33. The van der Waals surface area contributed by atoms with Gasteiger partial charge in [0.05, 0.1) is 13.2 Å². The predicted molar refractivity (Wildman–Crippen MR) is 211 cm³/mol. The second-order valence-corrected chi connectivity index (χ2v) is 15.3. The van der Waals surface area contributed by atoms with Gasteiger partial charge in [0.2, 0.25) is 0 Å². The van der Waals surface area contributed by atoms with Crippen LogP contribution in [0.3, 0.4) is 0 Å². The summed E-state index contributed by atoms with van der Waals surface area (Å²) in [6.45, 7) is 3.66. The lowest BCUT2D eigenvalue weighted by atomic mass is 10.1. The molecule has 0 aromatic rings. The van der Waals surface area contributed by atoms with Crippen molar-refractivity contribution in [1.29, 1.82) is 0 Å². The Morgan fingerprint density at radius 3 is 1.39 bits per heavy atom. The molecule has 0 fully saturated rings. The molecule has 10 heteroatoms. The summed E-state index contributed by atoms with van der Waals surface area (Å²) in [5, 5.41) is 0. The van der Waals surface area contributed by atoms with Crippen LogP contribution in [0.25, 0.3) is 0 Å². The van der Waals surface area contributed by atoms with Crippen molar-refractivity contribution in [2.75, 3.05) is 26.4 Å². The summed E-state index contributed by atoms with van der Waals surface area (Å²) < 4.78 is 32.6. The minimum atomic E-state index is -4.39. The number of carbonyl (C=O) groups is 2. The van der Waals surface area contributed by atoms with Gasteiger partial charge in [-0.3, -0.25) is 18.6 Å². The third-order valence-corrected chi connectivity index (χ3v) is 9.82. The van der Waals surface area contributed by atoms with Crippen molar-refractivity contribution < 1.29 is 37.6 Å². The van der Waals surface area contributed by atoms with Gasteiger partial charge in [0.1, 0.15) is 6.61 Å². The molecule has 0 aliphatic heterocycles. The van der Waals surface area contributed by atoms with Gasteiger partial charge in [-0.25, -0.2) is 4.57 Å². The number of unbranched alkanes of at least 4 members (excludes halogenated alkanes) is 22. The minimum absolute atomic E-state index is 0.0461. The van der Waals surface area contributed by atoms with Crippen molar-refractivity contribution in [3.05, 3.63) is 24.3 Å². The summed E-state index contributed by atoms with van der Waals surface area (Å²) in [7, 11) is -4.39. The molecule has 0 aromatic carbocycles. The molecule has 0 saturated carbocycles. The Hall–Kier alpha value is -1.51. The number of phosphoric acid groups is 1. The van der Waals surface area contributed by atoms with Crippen LogP contribution >= 0.6 is 7.82 Å². The Morgan fingerprint density at radius 2 is 0.961 bits per heavy atom. The number of allylic oxidation sites excluding steroid dienone is 4.